The molecule has 0 saturated carbocycles. The monoisotopic (exact) mass is 435 g/mol. The van der Waals surface area contributed by atoms with E-state index < -0.39 is 0 Å². The van der Waals surface area contributed by atoms with E-state index in [-0.39, 0.29) is 18.4 Å². The standard InChI is InChI=1S/C20H29N5O4S/c1-5-6-21-15(26)11-24-7-9-25(10-8-24)20(27)17-13(2)16-18(29-4)22-14(12-28-3)23-19(16)30-17/h5-12H2,1-4H3,(H,21,26). The fourth-order valence-electron chi connectivity index (χ4n) is 3.47. The number of nitrogens with zero attached hydrogens (tertiary/aromatic N) is 4. The summed E-state index contributed by atoms with van der Waals surface area (Å²) in [5.74, 6) is 1.01. The minimum absolute atomic E-state index is 0.0130. The predicted octanol–water partition coefficient (Wildman–Crippen LogP) is 1.44. The van der Waals surface area contributed by atoms with Gasteiger partial charge in [-0.25, -0.2) is 4.98 Å². The SMILES string of the molecule is CCCNC(=O)CN1CCN(C(=O)c2sc3nc(COC)nc(OC)c3c2C)CC1. The molecule has 0 radical (unpaired) electrons. The van der Waals surface area contributed by atoms with Crippen molar-refractivity contribution < 1.29 is 19.1 Å². The Labute approximate surface area is 180 Å². The third-order valence-electron chi connectivity index (χ3n) is 5.06. The highest BCUT2D eigenvalue weighted by molar-refractivity contribution is 7.20. The largest absolute Gasteiger partial charge is 0.480 e. The maximum Gasteiger partial charge on any atom is 0.264 e. The minimum atomic E-state index is -0.0130. The van der Waals surface area contributed by atoms with Crippen LogP contribution in [0, 0.1) is 6.92 Å². The number of carbonyl (C=O) groups is 2. The van der Waals surface area contributed by atoms with E-state index in [1.165, 1.54) is 11.3 Å². The van der Waals surface area contributed by atoms with Gasteiger partial charge in [-0.15, -0.1) is 11.3 Å². The van der Waals surface area contributed by atoms with Gasteiger partial charge in [0.25, 0.3) is 5.91 Å². The lowest BCUT2D eigenvalue weighted by molar-refractivity contribution is -0.122. The average Bonchev–Trinajstić information content (AvgIpc) is 3.08. The molecule has 0 unspecified atom stereocenters. The molecule has 10 heteroatoms. The fourth-order valence-corrected chi connectivity index (χ4v) is 4.62. The Morgan fingerprint density at radius 2 is 1.90 bits per heavy atom. The first-order chi connectivity index (χ1) is 14.5. The first-order valence-electron chi connectivity index (χ1n) is 10.1. The second-order valence-corrected chi connectivity index (χ2v) is 8.24. The number of ether oxygens (including phenoxy) is 2. The van der Waals surface area contributed by atoms with E-state index in [2.05, 4.69) is 20.2 Å². The van der Waals surface area contributed by atoms with E-state index in [1.54, 1.807) is 14.2 Å². The highest BCUT2D eigenvalue weighted by Gasteiger charge is 2.27. The molecule has 1 N–H and O–H groups in total. The van der Waals surface area contributed by atoms with Crippen molar-refractivity contribution in [3.8, 4) is 5.88 Å². The van der Waals surface area contributed by atoms with Gasteiger partial charge in [-0.1, -0.05) is 6.92 Å². The number of hydrogen-bond donors (Lipinski definition) is 1. The van der Waals surface area contributed by atoms with E-state index in [9.17, 15) is 9.59 Å². The van der Waals surface area contributed by atoms with Gasteiger partial charge in [0.15, 0.2) is 5.82 Å². The number of amides is 2. The quantitative estimate of drug-likeness (QED) is 0.670. The van der Waals surface area contributed by atoms with Gasteiger partial charge in [-0.05, 0) is 18.9 Å². The van der Waals surface area contributed by atoms with Crippen LogP contribution in [0.2, 0.25) is 0 Å². The van der Waals surface area contributed by atoms with Crippen LogP contribution >= 0.6 is 11.3 Å². The van der Waals surface area contributed by atoms with Crippen molar-refractivity contribution in [1.82, 2.24) is 25.1 Å². The number of nitrogens with one attached hydrogen (secondary N) is 1. The first kappa shape index (κ1) is 22.4. The summed E-state index contributed by atoms with van der Waals surface area (Å²) in [5.41, 5.74) is 0.835. The van der Waals surface area contributed by atoms with Gasteiger partial charge in [0, 0.05) is 39.8 Å². The minimum Gasteiger partial charge on any atom is -0.480 e. The maximum atomic E-state index is 13.2. The molecule has 9 nitrogen and oxygen atoms in total. The molecule has 2 amide bonds. The van der Waals surface area contributed by atoms with Gasteiger partial charge < -0.3 is 19.7 Å². The Balaban J connectivity index is 1.71. The van der Waals surface area contributed by atoms with Gasteiger partial charge in [-0.3, -0.25) is 14.5 Å². The van der Waals surface area contributed by atoms with Crippen LogP contribution in [0.3, 0.4) is 0 Å². The molecule has 1 fully saturated rings. The molecule has 0 aromatic carbocycles. The van der Waals surface area contributed by atoms with Crippen molar-refractivity contribution in [2.24, 2.45) is 0 Å². The van der Waals surface area contributed by atoms with E-state index in [4.69, 9.17) is 9.47 Å². The van der Waals surface area contributed by atoms with E-state index in [1.807, 2.05) is 18.7 Å². The molecule has 0 bridgehead atoms. The highest BCUT2D eigenvalue weighted by Crippen LogP contribution is 2.35. The molecule has 0 atom stereocenters. The number of piperazine rings is 1. The van der Waals surface area contributed by atoms with Crippen LogP contribution in [0.25, 0.3) is 10.2 Å². The molecule has 1 aliphatic heterocycles. The molecule has 2 aromatic rings. The fraction of sp³-hybridized carbons (Fsp3) is 0.600. The summed E-state index contributed by atoms with van der Waals surface area (Å²) < 4.78 is 10.6. The zero-order valence-electron chi connectivity index (χ0n) is 18.0. The molecule has 2 aromatic heterocycles. The zero-order valence-corrected chi connectivity index (χ0v) is 18.8. The Morgan fingerprint density at radius 3 is 2.53 bits per heavy atom. The third kappa shape index (κ3) is 4.88. The second kappa shape index (κ2) is 10.1. The second-order valence-electron chi connectivity index (χ2n) is 7.24. The average molecular weight is 436 g/mol. The van der Waals surface area contributed by atoms with Crippen molar-refractivity contribution in [1.29, 1.82) is 0 Å². The summed E-state index contributed by atoms with van der Waals surface area (Å²) in [6.07, 6.45) is 0.921. The van der Waals surface area contributed by atoms with Crippen molar-refractivity contribution >= 4 is 33.4 Å². The lowest BCUT2D eigenvalue weighted by Crippen LogP contribution is -2.51. The Hall–Kier alpha value is -2.30. The van der Waals surface area contributed by atoms with Gasteiger partial charge in [0.05, 0.1) is 23.9 Å². The van der Waals surface area contributed by atoms with Gasteiger partial charge in [0.1, 0.15) is 11.4 Å². The van der Waals surface area contributed by atoms with Crippen LogP contribution < -0.4 is 10.1 Å². The van der Waals surface area contributed by atoms with Crippen molar-refractivity contribution in [3.05, 3.63) is 16.3 Å². The molecule has 164 valence electrons. The van der Waals surface area contributed by atoms with Gasteiger partial charge >= 0.3 is 0 Å². The van der Waals surface area contributed by atoms with Crippen LogP contribution in [0.4, 0.5) is 0 Å². The smallest absolute Gasteiger partial charge is 0.264 e. The van der Waals surface area contributed by atoms with Crippen molar-refractivity contribution in [3.63, 3.8) is 0 Å². The summed E-state index contributed by atoms with van der Waals surface area (Å²) >= 11 is 1.36. The number of fused-ring (bicyclic) bond motifs is 1. The molecular formula is C20H29N5O4S. The number of methoxy groups -OCH3 is 2. The molecule has 1 saturated heterocycles. The number of carbonyl (C=O) groups excluding carboxylic acids is 2. The van der Waals surface area contributed by atoms with Crippen molar-refractivity contribution in [2.75, 3.05) is 53.5 Å². The Bertz CT molecular complexity index is 908. The normalized spacial score (nSPS) is 14.9. The number of hydrogen-bond acceptors (Lipinski definition) is 8. The van der Waals surface area contributed by atoms with Crippen LogP contribution in [0.1, 0.15) is 34.4 Å². The third-order valence-corrected chi connectivity index (χ3v) is 6.24. The first-order valence-corrected chi connectivity index (χ1v) is 10.9. The highest BCUT2D eigenvalue weighted by atomic mass is 32.1. The van der Waals surface area contributed by atoms with E-state index in [0.717, 1.165) is 22.2 Å². The van der Waals surface area contributed by atoms with Crippen LogP contribution in [0.5, 0.6) is 5.88 Å². The molecule has 3 rings (SSSR count). The number of thiophene rings is 1. The van der Waals surface area contributed by atoms with Crippen LogP contribution in [-0.4, -0.2) is 85.1 Å². The summed E-state index contributed by atoms with van der Waals surface area (Å²) in [7, 11) is 3.15. The molecular weight excluding hydrogens is 406 g/mol. The molecule has 0 aliphatic carbocycles. The Morgan fingerprint density at radius 1 is 1.17 bits per heavy atom. The van der Waals surface area contributed by atoms with Crippen LogP contribution in [-0.2, 0) is 16.1 Å². The van der Waals surface area contributed by atoms with Gasteiger partial charge in [0.2, 0.25) is 11.8 Å². The number of aromatic nitrogens is 2. The number of aryl methyl sites for hydroxylation is 1. The molecule has 3 heterocycles. The van der Waals surface area contributed by atoms with Gasteiger partial charge in [-0.2, -0.15) is 4.98 Å². The summed E-state index contributed by atoms with van der Waals surface area (Å²) in [5, 5.41) is 3.67. The van der Waals surface area contributed by atoms with Crippen LogP contribution in [0.15, 0.2) is 0 Å². The predicted molar refractivity (Wildman–Crippen MR) is 115 cm³/mol. The maximum absolute atomic E-state index is 13.2. The molecule has 1 aliphatic rings. The Kier molecular flexibility index (Phi) is 7.57. The zero-order chi connectivity index (χ0) is 21.7. The summed E-state index contributed by atoms with van der Waals surface area (Å²) in [6.45, 7) is 7.81. The molecule has 0 spiro atoms. The van der Waals surface area contributed by atoms with E-state index in [0.29, 0.717) is 55.9 Å². The lowest BCUT2D eigenvalue weighted by atomic mass is 10.2. The molecule has 30 heavy (non-hydrogen) atoms. The number of rotatable bonds is 8. The topological polar surface area (TPSA) is 96.9 Å². The van der Waals surface area contributed by atoms with Crippen molar-refractivity contribution in [2.45, 2.75) is 26.9 Å². The summed E-state index contributed by atoms with van der Waals surface area (Å²) in [6, 6.07) is 0. The summed E-state index contributed by atoms with van der Waals surface area (Å²) in [4.78, 5) is 39.3. The lowest BCUT2D eigenvalue weighted by Gasteiger charge is -2.34. The van der Waals surface area contributed by atoms with E-state index >= 15 is 0 Å².